The first-order valence-electron chi connectivity index (χ1n) is 17.0. The number of hydrogen-bond acceptors (Lipinski definition) is 4. The van der Waals surface area contributed by atoms with Crippen molar-refractivity contribution in [2.24, 2.45) is 0 Å². The summed E-state index contributed by atoms with van der Waals surface area (Å²) in [6.07, 6.45) is 0. The highest BCUT2D eigenvalue weighted by Gasteiger charge is 2.26. The lowest BCUT2D eigenvalue weighted by Crippen LogP contribution is -2.17. The van der Waals surface area contributed by atoms with Crippen LogP contribution in [-0.2, 0) is 0 Å². The Labute approximate surface area is 307 Å². The third-order valence-electron chi connectivity index (χ3n) is 11.4. The van der Waals surface area contributed by atoms with Gasteiger partial charge in [-0.15, -0.1) is 0 Å². The van der Waals surface area contributed by atoms with Crippen molar-refractivity contribution in [3.8, 4) is 0 Å². The summed E-state index contributed by atoms with van der Waals surface area (Å²) in [5.41, 5.74) is 4.44. The molecule has 4 aromatic heterocycles. The minimum Gasteiger partial charge on any atom is -0.268 e. The van der Waals surface area contributed by atoms with Gasteiger partial charge in [0.15, 0.2) is 0 Å². The standard InChI is InChI=1S/C44H18Br2N4O2/c45-27-17-25-36-24(43(51)50-32-12-4-8-20-6-2-10-30(34(20)32)48-42(25)50)16-14-22-38-28(46)18-26-35-23(15-13-21(39(35)38)37(27)40(22)36)41-47-29-9-1-5-19-7-3-11-31(33(19)29)49(41)44(26)52/h1-18H. The molecule has 0 aliphatic carbocycles. The molecule has 0 aliphatic heterocycles. The van der Waals surface area contributed by atoms with Gasteiger partial charge in [0, 0.05) is 68.2 Å². The SMILES string of the molecule is O=c1c2cc(Br)c3c4ccc5c(=O)n6c7cccc8cccc(nc6c6cc(Br)c(c9ccc(c2c93)c2nc3cccc9cccc(c93)n12)c4c56)c87. The van der Waals surface area contributed by atoms with E-state index in [-0.39, 0.29) is 11.1 Å². The number of rotatable bonds is 0. The average Bonchev–Trinajstić information content (AvgIpc) is 3.16. The molecule has 0 unspecified atom stereocenters. The first kappa shape index (κ1) is 27.7. The molecule has 13 aromatic rings. The quantitative estimate of drug-likeness (QED) is 0.113. The lowest BCUT2D eigenvalue weighted by molar-refractivity contribution is 1.15. The molecule has 9 aromatic carbocycles. The number of nitrogens with zero attached hydrogens (tertiary/aromatic N) is 4. The molecule has 4 heterocycles. The summed E-state index contributed by atoms with van der Waals surface area (Å²) in [4.78, 5) is 39.6. The molecule has 8 heteroatoms. The number of benzene rings is 9. The Morgan fingerprint density at radius 3 is 1.42 bits per heavy atom. The van der Waals surface area contributed by atoms with Crippen LogP contribution in [0.2, 0.25) is 0 Å². The van der Waals surface area contributed by atoms with Crippen LogP contribution in [-0.4, -0.2) is 18.8 Å². The molecule has 0 bridgehead atoms. The fourth-order valence-corrected chi connectivity index (χ4v) is 10.7. The molecule has 240 valence electrons. The molecule has 0 saturated heterocycles. The number of fused-ring (bicyclic) bond motifs is 8. The summed E-state index contributed by atoms with van der Waals surface area (Å²) in [5, 5.41) is 14.8. The highest BCUT2D eigenvalue weighted by molar-refractivity contribution is 9.11. The summed E-state index contributed by atoms with van der Waals surface area (Å²) in [5.74, 6) is 0. The van der Waals surface area contributed by atoms with Crippen molar-refractivity contribution in [2.75, 3.05) is 0 Å². The summed E-state index contributed by atoms with van der Waals surface area (Å²) in [7, 11) is 0. The van der Waals surface area contributed by atoms with E-state index in [4.69, 9.17) is 9.97 Å². The maximum absolute atomic E-state index is 14.7. The van der Waals surface area contributed by atoms with Gasteiger partial charge in [0.25, 0.3) is 11.1 Å². The molecule has 0 fully saturated rings. The lowest BCUT2D eigenvalue weighted by Gasteiger charge is -2.21. The van der Waals surface area contributed by atoms with Gasteiger partial charge in [-0.3, -0.25) is 18.4 Å². The molecule has 52 heavy (non-hydrogen) atoms. The molecule has 0 N–H and O–H groups in total. The molecular formula is C44H18Br2N4O2. The average molecular weight is 794 g/mol. The predicted molar refractivity (Wildman–Crippen MR) is 220 cm³/mol. The van der Waals surface area contributed by atoms with Gasteiger partial charge >= 0.3 is 0 Å². The van der Waals surface area contributed by atoms with Crippen LogP contribution in [0.25, 0.3) is 120 Å². The maximum Gasteiger partial charge on any atom is 0.264 e. The molecule has 0 atom stereocenters. The number of hydrogen-bond donors (Lipinski definition) is 0. The van der Waals surface area contributed by atoms with E-state index in [9.17, 15) is 9.59 Å². The topological polar surface area (TPSA) is 68.7 Å². The summed E-state index contributed by atoms with van der Waals surface area (Å²) in [6.45, 7) is 0. The Kier molecular flexibility index (Phi) is 4.85. The van der Waals surface area contributed by atoms with E-state index in [2.05, 4.69) is 80.4 Å². The normalized spacial score (nSPS) is 13.0. The Morgan fingerprint density at radius 2 is 0.846 bits per heavy atom. The number of halogens is 2. The maximum atomic E-state index is 14.7. The third-order valence-corrected chi connectivity index (χ3v) is 12.7. The van der Waals surface area contributed by atoms with Crippen molar-refractivity contribution in [1.82, 2.24) is 18.8 Å². The third kappa shape index (κ3) is 3.03. The molecule has 6 nitrogen and oxygen atoms in total. The first-order valence-corrected chi connectivity index (χ1v) is 18.6. The molecule has 0 spiro atoms. The van der Waals surface area contributed by atoms with Crippen molar-refractivity contribution >= 4 is 151 Å². The van der Waals surface area contributed by atoms with Crippen LogP contribution in [0, 0.1) is 0 Å². The monoisotopic (exact) mass is 792 g/mol. The van der Waals surface area contributed by atoms with E-state index in [1.165, 1.54) is 0 Å². The number of pyridine rings is 2. The molecule has 0 radical (unpaired) electrons. The van der Waals surface area contributed by atoms with E-state index in [0.29, 0.717) is 22.1 Å². The van der Waals surface area contributed by atoms with E-state index >= 15 is 0 Å². The first-order chi connectivity index (χ1) is 25.5. The van der Waals surface area contributed by atoms with Gasteiger partial charge in [0.05, 0.1) is 27.5 Å². The van der Waals surface area contributed by atoms with Crippen LogP contribution in [0.1, 0.15) is 0 Å². The smallest absolute Gasteiger partial charge is 0.264 e. The van der Waals surface area contributed by atoms with Crippen LogP contribution >= 0.6 is 31.9 Å². The highest BCUT2D eigenvalue weighted by atomic mass is 79.9. The van der Waals surface area contributed by atoms with Crippen LogP contribution < -0.4 is 11.1 Å². The van der Waals surface area contributed by atoms with Crippen molar-refractivity contribution in [2.45, 2.75) is 0 Å². The highest BCUT2D eigenvalue weighted by Crippen LogP contribution is 2.50. The second kappa shape index (κ2) is 9.09. The molecule has 0 amide bonds. The molecule has 0 aliphatic rings. The van der Waals surface area contributed by atoms with Crippen LogP contribution in [0.5, 0.6) is 0 Å². The van der Waals surface area contributed by atoms with Crippen molar-refractivity contribution in [3.05, 3.63) is 139 Å². The van der Waals surface area contributed by atoms with Crippen LogP contribution in [0.4, 0.5) is 0 Å². The number of aromatic nitrogens is 4. The summed E-state index contributed by atoms with van der Waals surface area (Å²) < 4.78 is 5.27. The van der Waals surface area contributed by atoms with Gasteiger partial charge in [0.2, 0.25) is 0 Å². The minimum absolute atomic E-state index is 0.0977. The van der Waals surface area contributed by atoms with E-state index < -0.39 is 0 Å². The second-order valence-corrected chi connectivity index (χ2v) is 15.5. The van der Waals surface area contributed by atoms with Gasteiger partial charge in [0.1, 0.15) is 11.3 Å². The van der Waals surface area contributed by atoms with E-state index in [0.717, 1.165) is 106 Å². The van der Waals surface area contributed by atoms with Crippen LogP contribution in [0.3, 0.4) is 0 Å². The minimum atomic E-state index is -0.107. The zero-order valence-corrected chi connectivity index (χ0v) is 29.9. The van der Waals surface area contributed by atoms with Crippen molar-refractivity contribution in [1.29, 1.82) is 0 Å². The largest absolute Gasteiger partial charge is 0.268 e. The van der Waals surface area contributed by atoms with E-state index in [1.54, 1.807) is 8.80 Å². The lowest BCUT2D eigenvalue weighted by atomic mass is 9.86. The van der Waals surface area contributed by atoms with Crippen molar-refractivity contribution in [3.63, 3.8) is 0 Å². The van der Waals surface area contributed by atoms with E-state index in [1.807, 2.05) is 60.7 Å². The van der Waals surface area contributed by atoms with Gasteiger partial charge in [-0.25, -0.2) is 9.97 Å². The molecular weight excluding hydrogens is 776 g/mol. The Morgan fingerprint density at radius 1 is 0.404 bits per heavy atom. The Bertz CT molecular complexity index is 3860. The zero-order valence-electron chi connectivity index (χ0n) is 26.8. The zero-order chi connectivity index (χ0) is 34.3. The van der Waals surface area contributed by atoms with Gasteiger partial charge in [-0.2, -0.15) is 0 Å². The summed E-state index contributed by atoms with van der Waals surface area (Å²) >= 11 is 7.96. The van der Waals surface area contributed by atoms with Gasteiger partial charge in [-0.1, -0.05) is 92.5 Å². The second-order valence-electron chi connectivity index (χ2n) is 13.8. The molecule has 13 rings (SSSR count). The fourth-order valence-electron chi connectivity index (χ4n) is 9.45. The summed E-state index contributed by atoms with van der Waals surface area (Å²) in [6, 6.07) is 36.7. The van der Waals surface area contributed by atoms with Gasteiger partial charge < -0.3 is 0 Å². The Balaban J connectivity index is 1.28. The predicted octanol–water partition coefficient (Wildman–Crippen LogP) is 11.1. The fraction of sp³-hybridized carbons (Fsp3) is 0. The molecule has 0 saturated carbocycles. The van der Waals surface area contributed by atoms with Crippen molar-refractivity contribution < 1.29 is 0 Å². The van der Waals surface area contributed by atoms with Crippen LogP contribution in [0.15, 0.2) is 128 Å². The Hall–Kier alpha value is -5.96. The van der Waals surface area contributed by atoms with Gasteiger partial charge in [-0.05, 0) is 70.1 Å².